The molecular weight excluding hydrogens is 233 g/mol. The monoisotopic (exact) mass is 253 g/mol. The predicted molar refractivity (Wildman–Crippen MR) is 68.1 cm³/mol. The predicted octanol–water partition coefficient (Wildman–Crippen LogP) is 1.76. The highest BCUT2D eigenvalue weighted by Gasteiger charge is 2.24. The fraction of sp³-hybridized carbons (Fsp3) is 0.571. The van der Waals surface area contributed by atoms with Crippen LogP contribution in [0.3, 0.4) is 0 Å². The van der Waals surface area contributed by atoms with Crippen LogP contribution in [0.2, 0.25) is 0 Å². The van der Waals surface area contributed by atoms with Gasteiger partial charge in [0.05, 0.1) is 25.9 Å². The highest BCUT2D eigenvalue weighted by atomic mass is 19.1. The van der Waals surface area contributed by atoms with Gasteiger partial charge in [-0.1, -0.05) is 19.1 Å². The topological polar surface area (TPSA) is 30.5 Å². The summed E-state index contributed by atoms with van der Waals surface area (Å²) in [6, 6.07) is 6.89. The molecule has 100 valence electrons. The number of nitrogens with one attached hydrogen (secondary N) is 1. The maximum atomic E-state index is 13.2. The van der Waals surface area contributed by atoms with Crippen LogP contribution in [0, 0.1) is 5.82 Å². The third-order valence-corrected chi connectivity index (χ3v) is 3.10. The highest BCUT2D eigenvalue weighted by Crippen LogP contribution is 2.13. The van der Waals surface area contributed by atoms with Crippen molar-refractivity contribution in [2.75, 3.05) is 26.4 Å². The largest absolute Gasteiger partial charge is 0.376 e. The molecule has 1 fully saturated rings. The van der Waals surface area contributed by atoms with E-state index < -0.39 is 0 Å². The third-order valence-electron chi connectivity index (χ3n) is 3.10. The Morgan fingerprint density at radius 1 is 1.44 bits per heavy atom. The standard InChI is InChI=1S/C14H20FNO2/c1-2-16-13(14-10-17-6-7-18-14)9-11-4-3-5-12(15)8-11/h3-5,8,13-14,16H,2,6-7,9-10H2,1H3. The molecule has 1 aliphatic rings. The molecule has 0 aliphatic carbocycles. The summed E-state index contributed by atoms with van der Waals surface area (Å²) in [5.74, 6) is -0.191. The molecule has 0 bridgehead atoms. The molecule has 2 atom stereocenters. The lowest BCUT2D eigenvalue weighted by Crippen LogP contribution is -2.47. The molecule has 1 aromatic carbocycles. The highest BCUT2D eigenvalue weighted by molar-refractivity contribution is 5.17. The molecule has 1 aliphatic heterocycles. The number of halogens is 1. The van der Waals surface area contributed by atoms with Gasteiger partial charge in [-0.15, -0.1) is 0 Å². The van der Waals surface area contributed by atoms with Crippen LogP contribution in [0.5, 0.6) is 0 Å². The number of ether oxygens (including phenoxy) is 2. The van der Waals surface area contributed by atoms with Crippen molar-refractivity contribution >= 4 is 0 Å². The lowest BCUT2D eigenvalue weighted by molar-refractivity contribution is -0.101. The van der Waals surface area contributed by atoms with E-state index in [-0.39, 0.29) is 18.0 Å². The SMILES string of the molecule is CCNC(Cc1cccc(F)c1)C1COCCO1. The smallest absolute Gasteiger partial charge is 0.123 e. The minimum Gasteiger partial charge on any atom is -0.376 e. The van der Waals surface area contributed by atoms with E-state index in [1.54, 1.807) is 12.1 Å². The van der Waals surface area contributed by atoms with E-state index >= 15 is 0 Å². The van der Waals surface area contributed by atoms with Crippen molar-refractivity contribution in [2.24, 2.45) is 0 Å². The zero-order valence-electron chi connectivity index (χ0n) is 10.7. The summed E-state index contributed by atoms with van der Waals surface area (Å²) in [6.45, 7) is 4.82. The van der Waals surface area contributed by atoms with Gasteiger partial charge in [0.25, 0.3) is 0 Å². The number of likely N-dealkylation sites (N-methyl/N-ethyl adjacent to an activating group) is 1. The van der Waals surface area contributed by atoms with Crippen LogP contribution in [0.1, 0.15) is 12.5 Å². The normalized spacial score (nSPS) is 21.8. The van der Waals surface area contributed by atoms with Gasteiger partial charge in [0, 0.05) is 6.04 Å². The average molecular weight is 253 g/mol. The van der Waals surface area contributed by atoms with E-state index in [0.29, 0.717) is 19.8 Å². The molecule has 3 nitrogen and oxygen atoms in total. The maximum absolute atomic E-state index is 13.2. The molecule has 1 N–H and O–H groups in total. The first-order chi connectivity index (χ1) is 8.79. The Bertz CT molecular complexity index is 367. The van der Waals surface area contributed by atoms with Gasteiger partial charge in [-0.3, -0.25) is 0 Å². The molecule has 1 heterocycles. The van der Waals surface area contributed by atoms with Gasteiger partial charge in [0.1, 0.15) is 5.82 Å². The number of hydrogen-bond acceptors (Lipinski definition) is 3. The van der Waals surface area contributed by atoms with Gasteiger partial charge in [0.15, 0.2) is 0 Å². The van der Waals surface area contributed by atoms with Gasteiger partial charge in [0.2, 0.25) is 0 Å². The van der Waals surface area contributed by atoms with Crippen LogP contribution in [0.4, 0.5) is 4.39 Å². The van der Waals surface area contributed by atoms with Crippen molar-refractivity contribution in [2.45, 2.75) is 25.5 Å². The minimum absolute atomic E-state index is 0.0435. The van der Waals surface area contributed by atoms with E-state index in [1.165, 1.54) is 6.07 Å². The Hall–Kier alpha value is -0.970. The van der Waals surface area contributed by atoms with E-state index in [9.17, 15) is 4.39 Å². The third kappa shape index (κ3) is 3.77. The molecule has 0 aromatic heterocycles. The molecule has 1 aromatic rings. The summed E-state index contributed by atoms with van der Waals surface area (Å²) in [4.78, 5) is 0. The number of rotatable bonds is 5. The molecule has 0 saturated carbocycles. The van der Waals surface area contributed by atoms with E-state index in [4.69, 9.17) is 9.47 Å². The molecule has 0 amide bonds. The van der Waals surface area contributed by atoms with Crippen LogP contribution in [0.25, 0.3) is 0 Å². The Morgan fingerprint density at radius 2 is 2.33 bits per heavy atom. The fourth-order valence-corrected chi connectivity index (χ4v) is 2.25. The van der Waals surface area contributed by atoms with Crippen molar-refractivity contribution < 1.29 is 13.9 Å². The fourth-order valence-electron chi connectivity index (χ4n) is 2.25. The zero-order valence-corrected chi connectivity index (χ0v) is 10.7. The maximum Gasteiger partial charge on any atom is 0.123 e. The van der Waals surface area contributed by atoms with E-state index in [1.807, 2.05) is 6.07 Å². The Labute approximate surface area is 107 Å². The minimum atomic E-state index is -0.191. The molecule has 0 spiro atoms. The summed E-state index contributed by atoms with van der Waals surface area (Å²) >= 11 is 0. The van der Waals surface area contributed by atoms with E-state index in [2.05, 4.69) is 12.2 Å². The summed E-state index contributed by atoms with van der Waals surface area (Å²) in [5.41, 5.74) is 0.982. The lowest BCUT2D eigenvalue weighted by atomic mass is 10.0. The first-order valence-corrected chi connectivity index (χ1v) is 6.46. The average Bonchev–Trinajstić information content (AvgIpc) is 2.39. The van der Waals surface area contributed by atoms with Crippen LogP contribution in [-0.2, 0) is 15.9 Å². The van der Waals surface area contributed by atoms with Gasteiger partial charge >= 0.3 is 0 Å². The van der Waals surface area contributed by atoms with Crippen LogP contribution < -0.4 is 5.32 Å². The molecule has 18 heavy (non-hydrogen) atoms. The summed E-state index contributed by atoms with van der Waals surface area (Å²) in [6.07, 6.45) is 0.793. The number of hydrogen-bond donors (Lipinski definition) is 1. The molecule has 1 saturated heterocycles. The number of benzene rings is 1. The molecule has 4 heteroatoms. The van der Waals surface area contributed by atoms with Crippen molar-refractivity contribution in [3.8, 4) is 0 Å². The van der Waals surface area contributed by atoms with Crippen LogP contribution >= 0.6 is 0 Å². The second kappa shape index (κ2) is 6.83. The Kier molecular flexibility index (Phi) is 5.11. The van der Waals surface area contributed by atoms with Crippen LogP contribution in [-0.4, -0.2) is 38.5 Å². The van der Waals surface area contributed by atoms with Gasteiger partial charge in [-0.2, -0.15) is 0 Å². The second-order valence-electron chi connectivity index (χ2n) is 4.48. The quantitative estimate of drug-likeness (QED) is 0.867. The zero-order chi connectivity index (χ0) is 12.8. The lowest BCUT2D eigenvalue weighted by Gasteiger charge is -2.31. The summed E-state index contributed by atoms with van der Waals surface area (Å²) in [7, 11) is 0. The Morgan fingerprint density at radius 3 is 3.00 bits per heavy atom. The van der Waals surface area contributed by atoms with Gasteiger partial charge in [-0.25, -0.2) is 4.39 Å². The van der Waals surface area contributed by atoms with Crippen molar-refractivity contribution in [3.63, 3.8) is 0 Å². The summed E-state index contributed by atoms with van der Waals surface area (Å²) < 4.78 is 24.3. The summed E-state index contributed by atoms with van der Waals surface area (Å²) in [5, 5.41) is 3.39. The first kappa shape index (κ1) is 13.5. The molecular formula is C14H20FNO2. The van der Waals surface area contributed by atoms with Gasteiger partial charge in [-0.05, 0) is 30.7 Å². The van der Waals surface area contributed by atoms with Crippen molar-refractivity contribution in [1.29, 1.82) is 0 Å². The van der Waals surface area contributed by atoms with Gasteiger partial charge < -0.3 is 14.8 Å². The van der Waals surface area contributed by atoms with Crippen LogP contribution in [0.15, 0.2) is 24.3 Å². The van der Waals surface area contributed by atoms with Crippen molar-refractivity contribution in [1.82, 2.24) is 5.32 Å². The Balaban J connectivity index is 2.00. The molecule has 2 unspecified atom stereocenters. The van der Waals surface area contributed by atoms with E-state index in [0.717, 1.165) is 18.5 Å². The first-order valence-electron chi connectivity index (χ1n) is 6.46. The van der Waals surface area contributed by atoms with Crippen molar-refractivity contribution in [3.05, 3.63) is 35.6 Å². The molecule has 0 radical (unpaired) electrons. The molecule has 2 rings (SSSR count). The second-order valence-corrected chi connectivity index (χ2v) is 4.48.